The van der Waals surface area contributed by atoms with Gasteiger partial charge >= 0.3 is 5.97 Å². The lowest BCUT2D eigenvalue weighted by Gasteiger charge is -2.28. The molecule has 21 heavy (non-hydrogen) atoms. The Morgan fingerprint density at radius 3 is 2.76 bits per heavy atom. The summed E-state index contributed by atoms with van der Waals surface area (Å²) < 4.78 is 0.991. The molecule has 0 spiro atoms. The standard InChI is InChI=1S/C16H20BrNO3/c1-16(2,15(20)21)10-14(19)18-8-4-7-13(18)11-5-3-6-12(17)9-11/h3,5-6,9,13H,4,7-8,10H2,1-2H3,(H,20,21)/t13-/m0/s1. The molecule has 5 heteroatoms. The number of hydrogen-bond acceptors (Lipinski definition) is 2. The summed E-state index contributed by atoms with van der Waals surface area (Å²) in [7, 11) is 0. The second-order valence-corrected chi connectivity index (χ2v) is 7.08. The van der Waals surface area contributed by atoms with Gasteiger partial charge in [0.25, 0.3) is 0 Å². The van der Waals surface area contributed by atoms with Crippen LogP contribution in [0.3, 0.4) is 0 Å². The normalized spacial score (nSPS) is 18.8. The predicted molar refractivity (Wildman–Crippen MR) is 83.9 cm³/mol. The molecule has 1 fully saturated rings. The molecule has 4 nitrogen and oxygen atoms in total. The summed E-state index contributed by atoms with van der Waals surface area (Å²) in [6.07, 6.45) is 1.92. The molecular formula is C16H20BrNO3. The third-order valence-electron chi connectivity index (χ3n) is 3.98. The molecule has 0 unspecified atom stereocenters. The van der Waals surface area contributed by atoms with Crippen molar-refractivity contribution in [1.82, 2.24) is 4.90 Å². The van der Waals surface area contributed by atoms with Gasteiger partial charge in [-0.05, 0) is 44.4 Å². The molecule has 1 aliphatic heterocycles. The third kappa shape index (κ3) is 3.64. The number of benzene rings is 1. The molecule has 1 saturated heterocycles. The number of nitrogens with zero attached hydrogens (tertiary/aromatic N) is 1. The van der Waals surface area contributed by atoms with Crippen molar-refractivity contribution in [2.75, 3.05) is 6.54 Å². The first kappa shape index (κ1) is 16.0. The van der Waals surface area contributed by atoms with E-state index in [0.717, 1.165) is 22.9 Å². The van der Waals surface area contributed by atoms with E-state index in [0.29, 0.717) is 6.54 Å². The zero-order chi connectivity index (χ0) is 15.6. The number of carboxylic acids is 1. The van der Waals surface area contributed by atoms with Crippen molar-refractivity contribution in [2.24, 2.45) is 5.41 Å². The fourth-order valence-corrected chi connectivity index (χ4v) is 3.10. The van der Waals surface area contributed by atoms with Crippen LogP contribution in [0.1, 0.15) is 44.7 Å². The summed E-state index contributed by atoms with van der Waals surface area (Å²) in [5.41, 5.74) is 0.0740. The molecule has 1 amide bonds. The summed E-state index contributed by atoms with van der Waals surface area (Å²) in [5, 5.41) is 9.18. The quantitative estimate of drug-likeness (QED) is 0.899. The lowest BCUT2D eigenvalue weighted by atomic mass is 9.88. The second-order valence-electron chi connectivity index (χ2n) is 6.17. The van der Waals surface area contributed by atoms with E-state index in [2.05, 4.69) is 15.9 Å². The molecule has 0 saturated carbocycles. The lowest BCUT2D eigenvalue weighted by molar-refractivity contribution is -0.151. The number of rotatable bonds is 4. The molecule has 0 radical (unpaired) electrons. The zero-order valence-electron chi connectivity index (χ0n) is 12.3. The van der Waals surface area contributed by atoms with Crippen LogP contribution in [-0.4, -0.2) is 28.4 Å². The van der Waals surface area contributed by atoms with Gasteiger partial charge in [-0.25, -0.2) is 0 Å². The van der Waals surface area contributed by atoms with Gasteiger partial charge in [-0.1, -0.05) is 28.1 Å². The van der Waals surface area contributed by atoms with Gasteiger partial charge in [0.15, 0.2) is 0 Å². The molecule has 1 aromatic rings. The molecule has 1 heterocycles. The van der Waals surface area contributed by atoms with E-state index in [-0.39, 0.29) is 18.4 Å². The monoisotopic (exact) mass is 353 g/mol. The van der Waals surface area contributed by atoms with Crippen molar-refractivity contribution >= 4 is 27.8 Å². The van der Waals surface area contributed by atoms with Crippen LogP contribution in [0.4, 0.5) is 0 Å². The van der Waals surface area contributed by atoms with E-state index in [1.807, 2.05) is 29.2 Å². The van der Waals surface area contributed by atoms with Crippen LogP contribution < -0.4 is 0 Å². The van der Waals surface area contributed by atoms with Gasteiger partial charge in [-0.15, -0.1) is 0 Å². The van der Waals surface area contributed by atoms with Crippen LogP contribution in [0.5, 0.6) is 0 Å². The number of amides is 1. The maximum absolute atomic E-state index is 12.5. The van der Waals surface area contributed by atoms with E-state index in [1.54, 1.807) is 13.8 Å². The molecule has 0 aliphatic carbocycles. The third-order valence-corrected chi connectivity index (χ3v) is 4.47. The molecular weight excluding hydrogens is 334 g/mol. The minimum absolute atomic E-state index is 0.0346. The number of halogens is 1. The van der Waals surface area contributed by atoms with E-state index >= 15 is 0 Å². The Balaban J connectivity index is 2.15. The number of carbonyl (C=O) groups excluding carboxylic acids is 1. The highest BCUT2D eigenvalue weighted by Gasteiger charge is 2.36. The van der Waals surface area contributed by atoms with Crippen molar-refractivity contribution in [2.45, 2.75) is 39.2 Å². The predicted octanol–water partition coefficient (Wildman–Crippen LogP) is 3.61. The topological polar surface area (TPSA) is 57.6 Å². The minimum atomic E-state index is -1.03. The second kappa shape index (κ2) is 6.18. The summed E-state index contributed by atoms with van der Waals surface area (Å²) in [6, 6.07) is 8.02. The Morgan fingerprint density at radius 1 is 1.43 bits per heavy atom. The van der Waals surface area contributed by atoms with Crippen molar-refractivity contribution in [3.05, 3.63) is 34.3 Å². The van der Waals surface area contributed by atoms with Crippen LogP contribution in [0.25, 0.3) is 0 Å². The number of aliphatic carboxylic acids is 1. The first-order chi connectivity index (χ1) is 9.81. The summed E-state index contributed by atoms with van der Waals surface area (Å²) >= 11 is 3.45. The number of likely N-dealkylation sites (tertiary alicyclic amines) is 1. The average molecular weight is 354 g/mol. The van der Waals surface area contributed by atoms with Gasteiger partial charge in [-0.3, -0.25) is 9.59 Å². The van der Waals surface area contributed by atoms with Crippen molar-refractivity contribution < 1.29 is 14.7 Å². The Hall–Kier alpha value is -1.36. The van der Waals surface area contributed by atoms with Crippen LogP contribution in [0.2, 0.25) is 0 Å². The highest BCUT2D eigenvalue weighted by molar-refractivity contribution is 9.10. The molecule has 0 aromatic heterocycles. The molecule has 1 N–H and O–H groups in total. The van der Waals surface area contributed by atoms with Gasteiger partial charge in [0, 0.05) is 17.4 Å². The maximum Gasteiger partial charge on any atom is 0.309 e. The summed E-state index contributed by atoms with van der Waals surface area (Å²) in [6.45, 7) is 3.89. The molecule has 0 bridgehead atoms. The van der Waals surface area contributed by atoms with Crippen molar-refractivity contribution in [3.63, 3.8) is 0 Å². The summed E-state index contributed by atoms with van der Waals surface area (Å²) in [4.78, 5) is 25.5. The van der Waals surface area contributed by atoms with Gasteiger partial charge in [0.05, 0.1) is 11.5 Å². The molecule has 114 valence electrons. The fraction of sp³-hybridized carbons (Fsp3) is 0.500. The molecule has 1 atom stereocenters. The minimum Gasteiger partial charge on any atom is -0.481 e. The lowest BCUT2D eigenvalue weighted by Crippen LogP contribution is -2.36. The van der Waals surface area contributed by atoms with Crippen molar-refractivity contribution in [1.29, 1.82) is 0 Å². The van der Waals surface area contributed by atoms with Gasteiger partial charge < -0.3 is 10.0 Å². The number of carbonyl (C=O) groups is 2. The van der Waals surface area contributed by atoms with Crippen molar-refractivity contribution in [3.8, 4) is 0 Å². The summed E-state index contributed by atoms with van der Waals surface area (Å²) in [5.74, 6) is -1.01. The highest BCUT2D eigenvalue weighted by Crippen LogP contribution is 2.35. The average Bonchev–Trinajstić information content (AvgIpc) is 2.87. The van der Waals surface area contributed by atoms with Crippen LogP contribution in [0.15, 0.2) is 28.7 Å². The van der Waals surface area contributed by atoms with Gasteiger partial charge in [0.1, 0.15) is 0 Å². The van der Waals surface area contributed by atoms with Gasteiger partial charge in [-0.2, -0.15) is 0 Å². The van der Waals surface area contributed by atoms with Crippen LogP contribution in [0, 0.1) is 5.41 Å². The Kier molecular flexibility index (Phi) is 4.71. The maximum atomic E-state index is 12.5. The Morgan fingerprint density at radius 2 is 2.14 bits per heavy atom. The Labute approximate surface area is 133 Å². The zero-order valence-corrected chi connectivity index (χ0v) is 13.9. The molecule has 1 aromatic carbocycles. The molecule has 1 aliphatic rings. The first-order valence-corrected chi connectivity index (χ1v) is 7.89. The fourth-order valence-electron chi connectivity index (χ4n) is 2.68. The first-order valence-electron chi connectivity index (χ1n) is 7.09. The number of carboxylic acid groups (broad SMARTS) is 1. The molecule has 2 rings (SSSR count). The van der Waals surface area contributed by atoms with E-state index in [1.165, 1.54) is 0 Å². The SMILES string of the molecule is CC(C)(CC(=O)N1CCC[C@H]1c1cccc(Br)c1)C(=O)O. The largest absolute Gasteiger partial charge is 0.481 e. The number of hydrogen-bond donors (Lipinski definition) is 1. The van der Waals surface area contributed by atoms with E-state index in [4.69, 9.17) is 0 Å². The van der Waals surface area contributed by atoms with E-state index < -0.39 is 11.4 Å². The highest BCUT2D eigenvalue weighted by atomic mass is 79.9. The Bertz CT molecular complexity index is 556. The van der Waals surface area contributed by atoms with Gasteiger partial charge in [0.2, 0.25) is 5.91 Å². The smallest absolute Gasteiger partial charge is 0.309 e. The van der Waals surface area contributed by atoms with Crippen LogP contribution >= 0.6 is 15.9 Å². The van der Waals surface area contributed by atoms with Crippen LogP contribution in [-0.2, 0) is 9.59 Å². The van der Waals surface area contributed by atoms with E-state index in [9.17, 15) is 14.7 Å².